The number of fused-ring (bicyclic) bond motifs is 2. The maximum Gasteiger partial charge on any atom is 0.417 e. The number of anilines is 1. The molecule has 0 aliphatic heterocycles. The van der Waals surface area contributed by atoms with Crippen LogP contribution in [0.5, 0.6) is 0 Å². The second kappa shape index (κ2) is 6.52. The summed E-state index contributed by atoms with van der Waals surface area (Å²) >= 11 is 0. The van der Waals surface area contributed by atoms with Crippen LogP contribution in [0.15, 0.2) is 64.1 Å². The average molecular weight is 387 g/mol. The summed E-state index contributed by atoms with van der Waals surface area (Å²) in [4.78, 5) is 27.2. The molecule has 3 aromatic heterocycles. The van der Waals surface area contributed by atoms with E-state index in [1.165, 1.54) is 6.07 Å². The zero-order valence-corrected chi connectivity index (χ0v) is 15.2. The number of nitrogens with one attached hydrogen (secondary N) is 2. The van der Waals surface area contributed by atoms with Gasteiger partial charge in [0.25, 0.3) is 0 Å². The lowest BCUT2D eigenvalue weighted by Crippen LogP contribution is -1.99. The normalized spacial score (nSPS) is 11.2. The molecule has 0 fully saturated rings. The van der Waals surface area contributed by atoms with E-state index < -0.39 is 11.6 Å². The Morgan fingerprint density at radius 3 is 2.79 bits per heavy atom. The molecular formula is C21H14FN5O2. The Bertz CT molecular complexity index is 1430. The zero-order chi connectivity index (χ0) is 20.0. The van der Waals surface area contributed by atoms with Gasteiger partial charge < -0.3 is 9.73 Å². The lowest BCUT2D eigenvalue weighted by molar-refractivity contribution is 0.551. The van der Waals surface area contributed by atoms with Crippen LogP contribution in [0.4, 0.5) is 10.2 Å². The molecule has 0 spiro atoms. The molecule has 0 saturated heterocycles. The number of halogens is 1. The number of hydrogen-bond acceptors (Lipinski definition) is 6. The molecule has 0 bridgehead atoms. The lowest BCUT2D eigenvalue weighted by Gasteiger charge is -2.10. The molecule has 0 unspecified atom stereocenters. The Balaban J connectivity index is 1.69. The van der Waals surface area contributed by atoms with Gasteiger partial charge in [-0.25, -0.2) is 19.2 Å². The van der Waals surface area contributed by atoms with Gasteiger partial charge in [-0.1, -0.05) is 6.07 Å². The summed E-state index contributed by atoms with van der Waals surface area (Å²) in [5.41, 5.74) is 3.10. The number of benzene rings is 2. The molecule has 0 saturated carbocycles. The van der Waals surface area contributed by atoms with Crippen LogP contribution in [0, 0.1) is 5.82 Å². The number of H-pyrrole nitrogens is 1. The van der Waals surface area contributed by atoms with Gasteiger partial charge in [-0.15, -0.1) is 0 Å². The first-order valence-corrected chi connectivity index (χ1v) is 8.85. The van der Waals surface area contributed by atoms with E-state index in [-0.39, 0.29) is 5.58 Å². The largest absolute Gasteiger partial charge is 0.417 e. The summed E-state index contributed by atoms with van der Waals surface area (Å²) in [6.07, 6.45) is 3.39. The SMILES string of the molecule is CNc1nc(-c2cccnc2)nc2ccc(-c3cc4[nH]c(=O)oc4cc3F)cc12. The monoisotopic (exact) mass is 387 g/mol. The van der Waals surface area contributed by atoms with E-state index in [9.17, 15) is 9.18 Å². The quantitative estimate of drug-likeness (QED) is 0.486. The Morgan fingerprint density at radius 1 is 1.10 bits per heavy atom. The molecule has 0 radical (unpaired) electrons. The van der Waals surface area contributed by atoms with E-state index in [2.05, 4.69) is 25.3 Å². The van der Waals surface area contributed by atoms with Crippen molar-refractivity contribution in [3.8, 4) is 22.5 Å². The molecular weight excluding hydrogens is 373 g/mol. The van der Waals surface area contributed by atoms with Gasteiger partial charge in [0.1, 0.15) is 11.6 Å². The number of rotatable bonds is 3. The lowest BCUT2D eigenvalue weighted by atomic mass is 10.0. The van der Waals surface area contributed by atoms with Crippen LogP contribution in [-0.4, -0.2) is 27.0 Å². The number of oxazole rings is 1. The van der Waals surface area contributed by atoms with E-state index in [0.29, 0.717) is 33.8 Å². The van der Waals surface area contributed by atoms with Gasteiger partial charge in [0.2, 0.25) is 0 Å². The molecule has 8 heteroatoms. The van der Waals surface area contributed by atoms with E-state index in [1.807, 2.05) is 24.3 Å². The number of pyridine rings is 1. The fourth-order valence-electron chi connectivity index (χ4n) is 3.30. The van der Waals surface area contributed by atoms with Crippen LogP contribution in [0.2, 0.25) is 0 Å². The van der Waals surface area contributed by atoms with Crippen LogP contribution in [-0.2, 0) is 0 Å². The molecule has 7 nitrogen and oxygen atoms in total. The molecule has 0 aliphatic carbocycles. The maximum atomic E-state index is 14.7. The molecule has 29 heavy (non-hydrogen) atoms. The molecule has 5 rings (SSSR count). The summed E-state index contributed by atoms with van der Waals surface area (Å²) in [7, 11) is 1.77. The van der Waals surface area contributed by atoms with E-state index in [0.717, 1.165) is 10.9 Å². The highest BCUT2D eigenvalue weighted by Crippen LogP contribution is 2.32. The summed E-state index contributed by atoms with van der Waals surface area (Å²) < 4.78 is 19.6. The summed E-state index contributed by atoms with van der Waals surface area (Å²) in [5, 5.41) is 3.83. The third-order valence-corrected chi connectivity index (χ3v) is 4.67. The predicted octanol–water partition coefficient (Wildman–Crippen LogP) is 3.97. The summed E-state index contributed by atoms with van der Waals surface area (Å²) in [5.74, 6) is 0.0579. The number of hydrogen-bond donors (Lipinski definition) is 2. The van der Waals surface area contributed by atoms with Crippen molar-refractivity contribution in [2.45, 2.75) is 0 Å². The summed E-state index contributed by atoms with van der Waals surface area (Å²) in [6.45, 7) is 0. The van der Waals surface area contributed by atoms with Gasteiger partial charge in [0.05, 0.1) is 11.0 Å². The molecule has 2 aromatic carbocycles. The maximum absolute atomic E-state index is 14.7. The van der Waals surface area contributed by atoms with Crippen LogP contribution in [0.25, 0.3) is 44.5 Å². The molecule has 5 aromatic rings. The van der Waals surface area contributed by atoms with Crippen molar-refractivity contribution in [1.29, 1.82) is 0 Å². The van der Waals surface area contributed by atoms with Gasteiger partial charge in [-0.05, 0) is 35.9 Å². The van der Waals surface area contributed by atoms with Crippen molar-refractivity contribution in [2.24, 2.45) is 0 Å². The second-order valence-electron chi connectivity index (χ2n) is 6.46. The van der Waals surface area contributed by atoms with E-state index in [4.69, 9.17) is 4.42 Å². The Morgan fingerprint density at radius 2 is 2.00 bits per heavy atom. The van der Waals surface area contributed by atoms with Crippen LogP contribution < -0.4 is 11.1 Å². The second-order valence-corrected chi connectivity index (χ2v) is 6.46. The molecule has 2 N–H and O–H groups in total. The molecule has 142 valence electrons. The number of nitrogens with zero attached hydrogens (tertiary/aromatic N) is 3. The van der Waals surface area contributed by atoms with Gasteiger partial charge in [-0.2, -0.15) is 0 Å². The third kappa shape index (κ3) is 2.91. The van der Waals surface area contributed by atoms with E-state index >= 15 is 0 Å². The van der Waals surface area contributed by atoms with Crippen molar-refractivity contribution in [1.82, 2.24) is 19.9 Å². The third-order valence-electron chi connectivity index (χ3n) is 4.67. The van der Waals surface area contributed by atoms with E-state index in [1.54, 1.807) is 31.6 Å². The summed E-state index contributed by atoms with van der Waals surface area (Å²) in [6, 6.07) is 11.9. The Hall–Kier alpha value is -4.07. The first-order chi connectivity index (χ1) is 14.1. The fourth-order valence-corrected chi connectivity index (χ4v) is 3.30. The van der Waals surface area contributed by atoms with Crippen molar-refractivity contribution in [2.75, 3.05) is 12.4 Å². The minimum atomic E-state index is -0.621. The minimum absolute atomic E-state index is 0.178. The van der Waals surface area contributed by atoms with Crippen LogP contribution >= 0.6 is 0 Å². The average Bonchev–Trinajstić information content (AvgIpc) is 3.11. The van der Waals surface area contributed by atoms with Crippen LogP contribution in [0.1, 0.15) is 0 Å². The standard InChI is InChI=1S/C21H14FN5O2/c1-23-20-14-7-11(13-8-17-18(9-15(13)22)29-21(28)26-17)4-5-16(14)25-19(27-20)12-3-2-6-24-10-12/h2-10H,1H3,(H,26,28)(H,23,25,27). The van der Waals surface area contributed by atoms with Gasteiger partial charge >= 0.3 is 5.76 Å². The first kappa shape index (κ1) is 17.1. The van der Waals surface area contributed by atoms with Crippen molar-refractivity contribution in [3.05, 3.63) is 71.2 Å². The number of aromatic nitrogens is 4. The van der Waals surface area contributed by atoms with Gasteiger partial charge in [0.15, 0.2) is 11.4 Å². The predicted molar refractivity (Wildman–Crippen MR) is 108 cm³/mol. The Labute approximate surface area is 163 Å². The molecule has 3 heterocycles. The highest BCUT2D eigenvalue weighted by Gasteiger charge is 2.14. The fraction of sp³-hybridized carbons (Fsp3) is 0.0476. The smallest absolute Gasteiger partial charge is 0.408 e. The number of aromatic amines is 1. The van der Waals surface area contributed by atoms with Gasteiger partial charge in [0, 0.05) is 42.0 Å². The minimum Gasteiger partial charge on any atom is -0.408 e. The van der Waals surface area contributed by atoms with Crippen molar-refractivity contribution >= 4 is 27.8 Å². The van der Waals surface area contributed by atoms with Gasteiger partial charge in [-0.3, -0.25) is 9.97 Å². The molecule has 0 aliphatic rings. The van der Waals surface area contributed by atoms with Crippen LogP contribution in [0.3, 0.4) is 0 Å². The van der Waals surface area contributed by atoms with Crippen molar-refractivity contribution in [3.63, 3.8) is 0 Å². The highest BCUT2D eigenvalue weighted by molar-refractivity contribution is 5.94. The Kier molecular flexibility index (Phi) is 3.83. The first-order valence-electron chi connectivity index (χ1n) is 8.85. The highest BCUT2D eigenvalue weighted by atomic mass is 19.1. The topological polar surface area (TPSA) is 96.7 Å². The van der Waals surface area contributed by atoms with Crippen molar-refractivity contribution < 1.29 is 8.81 Å². The molecule has 0 amide bonds. The zero-order valence-electron chi connectivity index (χ0n) is 15.2. The molecule has 0 atom stereocenters.